The molecule has 7 nitrogen and oxygen atoms in total. The van der Waals surface area contributed by atoms with Gasteiger partial charge in [0.15, 0.2) is 5.78 Å². The first-order chi connectivity index (χ1) is 19.1. The van der Waals surface area contributed by atoms with Gasteiger partial charge in [0.25, 0.3) is 5.56 Å². The predicted molar refractivity (Wildman–Crippen MR) is 144 cm³/mol. The highest BCUT2D eigenvalue weighted by atomic mass is 32.2. The summed E-state index contributed by atoms with van der Waals surface area (Å²) in [6.07, 6.45) is 2.45. The van der Waals surface area contributed by atoms with Crippen LogP contribution < -0.4 is 5.56 Å². The molecule has 0 amide bonds. The van der Waals surface area contributed by atoms with E-state index in [0.29, 0.717) is 18.4 Å². The Labute approximate surface area is 233 Å². The number of aliphatic carboxylic acids is 1. The zero-order chi connectivity index (χ0) is 28.4. The van der Waals surface area contributed by atoms with Gasteiger partial charge in [-0.1, -0.05) is 36.6 Å². The highest BCUT2D eigenvalue weighted by Gasteiger charge is 2.45. The maximum absolute atomic E-state index is 13.4. The summed E-state index contributed by atoms with van der Waals surface area (Å²) in [5.74, 6) is -2.08. The summed E-state index contributed by atoms with van der Waals surface area (Å²) in [6, 6.07) is 9.95. The van der Waals surface area contributed by atoms with Crippen LogP contribution in [0.3, 0.4) is 0 Å². The first-order valence-electron chi connectivity index (χ1n) is 13.6. The van der Waals surface area contributed by atoms with E-state index in [0.717, 1.165) is 39.4 Å². The van der Waals surface area contributed by atoms with Crippen LogP contribution in [0.15, 0.2) is 52.2 Å². The summed E-state index contributed by atoms with van der Waals surface area (Å²) in [5, 5.41) is 17.5. The molecule has 0 radical (unpaired) electrons. The van der Waals surface area contributed by atoms with Gasteiger partial charge in [-0.15, -0.1) is 16.9 Å². The number of nitrogens with zero attached hydrogens (tertiary/aromatic N) is 3. The van der Waals surface area contributed by atoms with Gasteiger partial charge in [-0.25, -0.2) is 4.68 Å². The lowest BCUT2D eigenvalue weighted by Gasteiger charge is -2.21. The molecule has 0 bridgehead atoms. The zero-order valence-corrected chi connectivity index (χ0v) is 22.6. The fraction of sp³-hybridized carbons (Fsp3) is 0.483. The van der Waals surface area contributed by atoms with Gasteiger partial charge in [0.1, 0.15) is 5.52 Å². The average molecular weight is 574 g/mol. The predicted octanol–water partition coefficient (Wildman–Crippen LogP) is 6.09. The van der Waals surface area contributed by atoms with Crippen molar-refractivity contribution < 1.29 is 27.9 Å². The molecular formula is C29H30F3N3O4S. The van der Waals surface area contributed by atoms with Gasteiger partial charge in [-0.05, 0) is 67.9 Å². The Morgan fingerprint density at radius 3 is 2.40 bits per heavy atom. The monoisotopic (exact) mass is 573 g/mol. The van der Waals surface area contributed by atoms with E-state index in [1.807, 2.05) is 12.1 Å². The molecule has 1 heterocycles. The summed E-state index contributed by atoms with van der Waals surface area (Å²) in [4.78, 5) is 39.7. The quantitative estimate of drug-likeness (QED) is 0.257. The molecule has 11 heteroatoms. The largest absolute Gasteiger partial charge is 0.481 e. The molecular weight excluding hydrogens is 543 g/mol. The number of hydrogen-bond donors (Lipinski definition) is 1. The molecule has 3 aromatic rings. The smallest absolute Gasteiger partial charge is 0.416 e. The van der Waals surface area contributed by atoms with Crippen molar-refractivity contribution in [3.8, 4) is 0 Å². The lowest BCUT2D eigenvalue weighted by Crippen LogP contribution is -2.34. The van der Waals surface area contributed by atoms with Gasteiger partial charge < -0.3 is 5.11 Å². The second-order valence-electron chi connectivity index (χ2n) is 10.8. The average Bonchev–Trinajstić information content (AvgIpc) is 3.37. The number of rotatable bonds is 8. The molecule has 2 aliphatic rings. The number of alkyl halides is 3. The van der Waals surface area contributed by atoms with Crippen LogP contribution in [0.2, 0.25) is 0 Å². The molecule has 0 spiro atoms. The van der Waals surface area contributed by atoms with Crippen molar-refractivity contribution in [3.05, 3.63) is 63.9 Å². The normalized spacial score (nSPS) is 22.0. The molecule has 2 aromatic carbocycles. The van der Waals surface area contributed by atoms with Crippen LogP contribution in [-0.2, 0) is 17.5 Å². The number of carboxylic acid groups (broad SMARTS) is 1. The van der Waals surface area contributed by atoms with E-state index in [9.17, 15) is 32.7 Å². The standard InChI is InChI=1S/C29H30F3N3O4S/c30-29(31,32)20-9-13-24-23(14-20)27(37)35(34-33-24)15-19-8-12-22(25(19)28(38)39)26(36)18-6-10-21(11-7-18)40-16-17-4-2-1-3-5-17/h6-7,9-11,13-14,17,19,22,25H,1-5,8,12,15-16H2,(H,38,39). The number of benzene rings is 2. The number of fused-ring (bicyclic) bond motifs is 1. The number of carbonyl (C=O) groups is 2. The molecule has 212 valence electrons. The Bertz CT molecular complexity index is 1450. The Kier molecular flexibility index (Phi) is 8.30. The number of hydrogen-bond acceptors (Lipinski definition) is 6. The minimum atomic E-state index is -4.63. The number of ketones is 1. The molecule has 2 aliphatic carbocycles. The molecule has 2 saturated carbocycles. The molecule has 1 N–H and O–H groups in total. The Hall–Kier alpha value is -3.21. The molecule has 0 saturated heterocycles. The first-order valence-corrected chi connectivity index (χ1v) is 14.5. The minimum absolute atomic E-state index is 0.0175. The Balaban J connectivity index is 1.29. The van der Waals surface area contributed by atoms with Gasteiger partial charge in [-0.2, -0.15) is 13.2 Å². The van der Waals surface area contributed by atoms with Crippen LogP contribution in [0.4, 0.5) is 13.2 Å². The van der Waals surface area contributed by atoms with Gasteiger partial charge >= 0.3 is 12.1 Å². The third-order valence-corrected chi connectivity index (χ3v) is 9.46. The number of halogens is 3. The lowest BCUT2D eigenvalue weighted by atomic mass is 9.84. The van der Waals surface area contributed by atoms with Crippen LogP contribution in [-0.4, -0.2) is 37.6 Å². The van der Waals surface area contributed by atoms with Crippen LogP contribution in [0.25, 0.3) is 10.9 Å². The Morgan fingerprint density at radius 2 is 1.73 bits per heavy atom. The highest BCUT2D eigenvalue weighted by molar-refractivity contribution is 7.99. The van der Waals surface area contributed by atoms with Gasteiger partial charge in [-0.3, -0.25) is 14.4 Å². The van der Waals surface area contributed by atoms with E-state index >= 15 is 0 Å². The summed E-state index contributed by atoms with van der Waals surface area (Å²) in [6.45, 7) is -0.157. The van der Waals surface area contributed by atoms with Crippen LogP contribution in [0.1, 0.15) is 60.9 Å². The number of aromatic nitrogens is 3. The topological polar surface area (TPSA) is 102 Å². The number of carboxylic acids is 1. The van der Waals surface area contributed by atoms with Crippen molar-refractivity contribution in [1.82, 2.24) is 15.0 Å². The third kappa shape index (κ3) is 6.09. The highest BCUT2D eigenvalue weighted by Crippen LogP contribution is 2.40. The van der Waals surface area contributed by atoms with Gasteiger partial charge in [0.05, 0.1) is 23.4 Å². The van der Waals surface area contributed by atoms with E-state index in [-0.39, 0.29) is 23.2 Å². The first kappa shape index (κ1) is 28.3. The van der Waals surface area contributed by atoms with E-state index in [2.05, 4.69) is 10.3 Å². The summed E-state index contributed by atoms with van der Waals surface area (Å²) >= 11 is 1.78. The third-order valence-electron chi connectivity index (χ3n) is 8.22. The van der Waals surface area contributed by atoms with Crippen molar-refractivity contribution in [2.75, 3.05) is 5.75 Å². The van der Waals surface area contributed by atoms with Crippen LogP contribution in [0, 0.1) is 23.7 Å². The van der Waals surface area contributed by atoms with Crippen molar-refractivity contribution >= 4 is 34.4 Å². The van der Waals surface area contributed by atoms with Crippen molar-refractivity contribution in [1.29, 1.82) is 0 Å². The SMILES string of the molecule is O=C(c1ccc(SCC2CCCCC2)cc1)C1CCC(Cn2nnc3ccc(C(F)(F)F)cc3c2=O)C1C(=O)O. The lowest BCUT2D eigenvalue weighted by molar-refractivity contribution is -0.144. The maximum atomic E-state index is 13.4. The fourth-order valence-electron chi connectivity index (χ4n) is 6.05. The van der Waals surface area contributed by atoms with Crippen LogP contribution in [0.5, 0.6) is 0 Å². The number of thioether (sulfide) groups is 1. The van der Waals surface area contributed by atoms with E-state index in [1.54, 1.807) is 23.9 Å². The van der Waals surface area contributed by atoms with Crippen molar-refractivity contribution in [2.24, 2.45) is 23.7 Å². The van der Waals surface area contributed by atoms with Gasteiger partial charge in [0.2, 0.25) is 0 Å². The number of carbonyl (C=O) groups excluding carboxylic acids is 1. The van der Waals surface area contributed by atoms with E-state index < -0.39 is 41.0 Å². The zero-order valence-electron chi connectivity index (χ0n) is 21.8. The molecule has 5 rings (SSSR count). The molecule has 3 atom stereocenters. The second-order valence-corrected chi connectivity index (χ2v) is 11.9. The van der Waals surface area contributed by atoms with Crippen molar-refractivity contribution in [3.63, 3.8) is 0 Å². The van der Waals surface area contributed by atoms with E-state index in [4.69, 9.17) is 0 Å². The van der Waals surface area contributed by atoms with Gasteiger partial charge in [0, 0.05) is 22.1 Å². The Morgan fingerprint density at radius 1 is 1.00 bits per heavy atom. The maximum Gasteiger partial charge on any atom is 0.416 e. The molecule has 40 heavy (non-hydrogen) atoms. The fourth-order valence-corrected chi connectivity index (χ4v) is 7.14. The molecule has 2 fully saturated rings. The minimum Gasteiger partial charge on any atom is -0.481 e. The van der Waals surface area contributed by atoms with E-state index in [1.165, 1.54) is 32.1 Å². The number of Topliss-reactive ketones (excluding diaryl/α,β-unsaturated/α-hetero) is 1. The molecule has 1 aromatic heterocycles. The summed E-state index contributed by atoms with van der Waals surface area (Å²) in [5.41, 5.74) is -1.30. The van der Waals surface area contributed by atoms with Crippen LogP contribution >= 0.6 is 11.8 Å². The summed E-state index contributed by atoms with van der Waals surface area (Å²) in [7, 11) is 0. The van der Waals surface area contributed by atoms with Crippen molar-refractivity contribution in [2.45, 2.75) is 62.6 Å². The summed E-state index contributed by atoms with van der Waals surface area (Å²) < 4.78 is 40.4. The molecule has 0 aliphatic heterocycles. The second kappa shape index (κ2) is 11.7. The molecule has 3 unspecified atom stereocenters.